The molecule has 0 saturated carbocycles. The fraction of sp³-hybridized carbons (Fsp3) is 0.750. The van der Waals surface area contributed by atoms with Crippen LogP contribution in [0.5, 0.6) is 0 Å². The van der Waals surface area contributed by atoms with Gasteiger partial charge >= 0.3 is 5.97 Å². The number of amides is 1. The molecule has 1 fully saturated rings. The molecule has 0 bridgehead atoms. The molecular formula is C8H13NO4S. The molecule has 0 aliphatic carbocycles. The summed E-state index contributed by atoms with van der Waals surface area (Å²) in [6, 6.07) is -0.764. The molecule has 0 radical (unpaired) electrons. The van der Waals surface area contributed by atoms with Crippen molar-refractivity contribution in [3.8, 4) is 0 Å². The van der Waals surface area contributed by atoms with Crippen molar-refractivity contribution in [2.45, 2.75) is 18.6 Å². The summed E-state index contributed by atoms with van der Waals surface area (Å²) in [4.78, 5) is 23.4. The van der Waals surface area contributed by atoms with Crippen LogP contribution in [0.2, 0.25) is 0 Å². The number of carboxylic acid groups (broad SMARTS) is 1. The number of nitrogens with zero attached hydrogens (tertiary/aromatic N) is 1. The topological polar surface area (TPSA) is 66.8 Å². The van der Waals surface area contributed by atoms with Gasteiger partial charge in [-0.1, -0.05) is 0 Å². The van der Waals surface area contributed by atoms with E-state index in [9.17, 15) is 9.59 Å². The lowest BCUT2D eigenvalue weighted by Crippen LogP contribution is -2.41. The van der Waals surface area contributed by atoms with Crippen LogP contribution in [-0.2, 0) is 14.3 Å². The van der Waals surface area contributed by atoms with E-state index in [0.29, 0.717) is 13.0 Å². The number of ether oxygens (including phenoxy) is 1. The Kier molecular flexibility index (Phi) is 3.77. The molecule has 0 spiro atoms. The first-order chi connectivity index (χ1) is 6.60. The number of hydrogen-bond acceptors (Lipinski definition) is 4. The van der Waals surface area contributed by atoms with Crippen LogP contribution in [0.1, 0.15) is 6.42 Å². The lowest BCUT2D eigenvalue weighted by Gasteiger charge is -2.19. The summed E-state index contributed by atoms with van der Waals surface area (Å²) in [6.07, 6.45) is 0.172. The van der Waals surface area contributed by atoms with Crippen LogP contribution < -0.4 is 0 Å². The Balaban J connectivity index is 2.71. The molecule has 0 aromatic heterocycles. The molecular weight excluding hydrogens is 206 g/mol. The second kappa shape index (κ2) is 4.65. The van der Waals surface area contributed by atoms with Gasteiger partial charge < -0.3 is 14.7 Å². The number of carbonyl (C=O) groups excluding carboxylic acids is 1. The van der Waals surface area contributed by atoms with Crippen molar-refractivity contribution in [3.05, 3.63) is 0 Å². The lowest BCUT2D eigenvalue weighted by atomic mass is 10.2. The Morgan fingerprint density at radius 2 is 2.29 bits per heavy atom. The Bertz CT molecular complexity index is 245. The van der Waals surface area contributed by atoms with Crippen molar-refractivity contribution in [2.24, 2.45) is 0 Å². The quantitative estimate of drug-likeness (QED) is 0.635. The molecule has 2 atom stereocenters. The zero-order chi connectivity index (χ0) is 10.7. The van der Waals surface area contributed by atoms with Crippen LogP contribution in [-0.4, -0.2) is 53.4 Å². The minimum Gasteiger partial charge on any atom is -0.480 e. The molecule has 6 heteroatoms. The fourth-order valence-corrected chi connectivity index (χ4v) is 1.75. The summed E-state index contributed by atoms with van der Waals surface area (Å²) < 4.78 is 5.03. The van der Waals surface area contributed by atoms with E-state index in [2.05, 4.69) is 12.6 Å². The molecule has 1 aliphatic heterocycles. The van der Waals surface area contributed by atoms with E-state index in [1.807, 2.05) is 0 Å². The molecule has 1 aliphatic rings. The number of carbonyl (C=O) groups is 2. The first kappa shape index (κ1) is 11.3. The maximum Gasteiger partial charge on any atom is 0.326 e. The number of hydrogen-bond donors (Lipinski definition) is 2. The van der Waals surface area contributed by atoms with E-state index < -0.39 is 12.0 Å². The largest absolute Gasteiger partial charge is 0.480 e. The average Bonchev–Trinajstić information content (AvgIpc) is 2.60. The third kappa shape index (κ3) is 2.19. The van der Waals surface area contributed by atoms with Gasteiger partial charge in [0.05, 0.1) is 11.9 Å². The van der Waals surface area contributed by atoms with Gasteiger partial charge in [-0.05, 0) is 0 Å². The predicted molar refractivity (Wildman–Crippen MR) is 52.4 cm³/mol. The van der Waals surface area contributed by atoms with Crippen molar-refractivity contribution >= 4 is 24.5 Å². The summed E-state index contributed by atoms with van der Waals surface area (Å²) in [5.41, 5.74) is 0. The Morgan fingerprint density at radius 3 is 2.71 bits per heavy atom. The van der Waals surface area contributed by atoms with E-state index in [0.717, 1.165) is 0 Å². The Morgan fingerprint density at radius 1 is 1.64 bits per heavy atom. The summed E-state index contributed by atoms with van der Waals surface area (Å²) in [5, 5.41) is 8.87. The molecule has 1 amide bonds. The average molecular weight is 219 g/mol. The number of methoxy groups -OCH3 is 1. The Labute approximate surface area is 87.4 Å². The monoisotopic (exact) mass is 219 g/mol. The molecule has 0 aromatic rings. The highest BCUT2D eigenvalue weighted by Gasteiger charge is 2.39. The maximum absolute atomic E-state index is 11.3. The van der Waals surface area contributed by atoms with Crippen LogP contribution >= 0.6 is 12.6 Å². The lowest BCUT2D eigenvalue weighted by molar-refractivity contribution is -0.147. The van der Waals surface area contributed by atoms with Crippen LogP contribution in [0.3, 0.4) is 0 Å². The van der Waals surface area contributed by atoms with Gasteiger partial charge in [0.25, 0.3) is 0 Å². The number of thiol groups is 1. The van der Waals surface area contributed by atoms with E-state index in [1.165, 1.54) is 12.0 Å². The van der Waals surface area contributed by atoms with E-state index >= 15 is 0 Å². The van der Waals surface area contributed by atoms with Crippen molar-refractivity contribution in [3.63, 3.8) is 0 Å². The normalized spacial score (nSPS) is 26.6. The summed E-state index contributed by atoms with van der Waals surface area (Å²) >= 11 is 3.83. The number of aliphatic carboxylic acids is 1. The van der Waals surface area contributed by atoms with Gasteiger partial charge in [0.1, 0.15) is 6.04 Å². The van der Waals surface area contributed by atoms with Gasteiger partial charge in [0.15, 0.2) is 0 Å². The highest BCUT2D eigenvalue weighted by molar-refractivity contribution is 7.81. The second-order valence-electron chi connectivity index (χ2n) is 3.15. The standard InChI is InChI=1S/C8H13NO4S/c1-13-5-2-6(8(11)12)9(3-5)7(10)4-14/h5-6,14H,2-4H2,1H3,(H,11,12)/t5-,6-/m0/s1. The molecule has 5 nitrogen and oxygen atoms in total. The number of rotatable bonds is 3. The van der Waals surface area contributed by atoms with Crippen molar-refractivity contribution in [2.75, 3.05) is 19.4 Å². The van der Waals surface area contributed by atoms with Crippen molar-refractivity contribution in [1.82, 2.24) is 4.90 Å². The first-order valence-corrected chi connectivity index (χ1v) is 4.89. The van der Waals surface area contributed by atoms with Gasteiger partial charge in [0.2, 0.25) is 5.91 Å². The highest BCUT2D eigenvalue weighted by atomic mass is 32.1. The first-order valence-electron chi connectivity index (χ1n) is 4.26. The van der Waals surface area contributed by atoms with Gasteiger partial charge in [-0.15, -0.1) is 0 Å². The zero-order valence-electron chi connectivity index (χ0n) is 7.84. The third-order valence-corrected chi connectivity index (χ3v) is 2.61. The van der Waals surface area contributed by atoms with Crippen LogP contribution in [0.25, 0.3) is 0 Å². The zero-order valence-corrected chi connectivity index (χ0v) is 8.74. The molecule has 0 unspecified atom stereocenters. The SMILES string of the molecule is CO[C@H]1C[C@@H](C(=O)O)N(C(=O)CS)C1. The van der Waals surface area contributed by atoms with Gasteiger partial charge in [-0.3, -0.25) is 4.79 Å². The summed E-state index contributed by atoms with van der Waals surface area (Å²) in [5.74, 6) is -1.22. The fourth-order valence-electron chi connectivity index (χ4n) is 1.57. The van der Waals surface area contributed by atoms with E-state index in [1.54, 1.807) is 0 Å². The number of likely N-dealkylation sites (tertiary alicyclic amines) is 1. The molecule has 1 saturated heterocycles. The van der Waals surface area contributed by atoms with Gasteiger partial charge in [-0.2, -0.15) is 12.6 Å². The second-order valence-corrected chi connectivity index (χ2v) is 3.47. The van der Waals surface area contributed by atoms with Gasteiger partial charge in [-0.25, -0.2) is 4.79 Å². The van der Waals surface area contributed by atoms with Crippen LogP contribution in [0.4, 0.5) is 0 Å². The Hall–Kier alpha value is -0.750. The smallest absolute Gasteiger partial charge is 0.326 e. The maximum atomic E-state index is 11.3. The van der Waals surface area contributed by atoms with E-state index in [4.69, 9.17) is 9.84 Å². The summed E-state index contributed by atoms with van der Waals surface area (Å²) in [6.45, 7) is 0.340. The van der Waals surface area contributed by atoms with Crippen molar-refractivity contribution < 1.29 is 19.4 Å². The van der Waals surface area contributed by atoms with Crippen molar-refractivity contribution in [1.29, 1.82) is 0 Å². The predicted octanol–water partition coefficient (Wildman–Crippen LogP) is -0.383. The molecule has 1 N–H and O–H groups in total. The molecule has 1 heterocycles. The van der Waals surface area contributed by atoms with Gasteiger partial charge in [0, 0.05) is 20.1 Å². The summed E-state index contributed by atoms with van der Waals surface area (Å²) in [7, 11) is 1.51. The molecule has 80 valence electrons. The van der Waals surface area contributed by atoms with Crippen LogP contribution in [0, 0.1) is 0 Å². The van der Waals surface area contributed by atoms with E-state index in [-0.39, 0.29) is 17.8 Å². The number of carboxylic acids is 1. The van der Waals surface area contributed by atoms with Crippen LogP contribution in [0.15, 0.2) is 0 Å². The highest BCUT2D eigenvalue weighted by Crippen LogP contribution is 2.20. The molecule has 0 aromatic carbocycles. The molecule has 14 heavy (non-hydrogen) atoms. The molecule has 1 rings (SSSR count). The minimum absolute atomic E-state index is 0.0280. The minimum atomic E-state index is -0.986. The third-order valence-electron chi connectivity index (χ3n) is 2.34.